The number of nitrogen functional groups attached to an aromatic ring is 1. The Bertz CT molecular complexity index is 711. The van der Waals surface area contributed by atoms with E-state index in [-0.39, 0.29) is 32.1 Å². The van der Waals surface area contributed by atoms with Crippen LogP contribution in [-0.4, -0.2) is 10.9 Å². The molecule has 0 spiro atoms. The van der Waals surface area contributed by atoms with Crippen LogP contribution in [0.5, 0.6) is 0 Å². The van der Waals surface area contributed by atoms with Gasteiger partial charge in [-0.3, -0.25) is 4.79 Å². The van der Waals surface area contributed by atoms with Crippen molar-refractivity contribution in [3.8, 4) is 0 Å². The number of hydrazine groups is 1. The van der Waals surface area contributed by atoms with Gasteiger partial charge in [-0.05, 0) is 18.2 Å². The van der Waals surface area contributed by atoms with E-state index in [9.17, 15) is 9.18 Å². The Kier molecular flexibility index (Phi) is 4.84. The molecule has 9 heteroatoms. The molecule has 1 aromatic carbocycles. The second kappa shape index (κ2) is 6.44. The van der Waals surface area contributed by atoms with E-state index in [1.165, 1.54) is 24.4 Å². The zero-order valence-corrected chi connectivity index (χ0v) is 12.5. The Labute approximate surface area is 134 Å². The molecule has 1 amide bonds. The Morgan fingerprint density at radius 1 is 1.19 bits per heavy atom. The minimum Gasteiger partial charge on any atom is -0.320 e. The molecule has 0 radical (unpaired) electrons. The summed E-state index contributed by atoms with van der Waals surface area (Å²) in [6.45, 7) is 0. The molecule has 0 saturated carbocycles. The third-order valence-electron chi connectivity index (χ3n) is 2.53. The number of aromatic nitrogens is 1. The van der Waals surface area contributed by atoms with Crippen LogP contribution in [0.25, 0.3) is 0 Å². The zero-order valence-electron chi connectivity index (χ0n) is 10.3. The van der Waals surface area contributed by atoms with Crippen molar-refractivity contribution in [1.82, 2.24) is 4.98 Å². The number of anilines is 2. The van der Waals surface area contributed by atoms with Gasteiger partial charge in [-0.15, -0.1) is 0 Å². The number of pyridine rings is 1. The predicted octanol–water partition coefficient (Wildman–Crippen LogP) is 3.72. The number of nitrogens with zero attached hydrogens (tertiary/aromatic N) is 1. The quantitative estimate of drug-likeness (QED) is 0.448. The van der Waals surface area contributed by atoms with Crippen LogP contribution in [0, 0.1) is 5.82 Å². The third kappa shape index (κ3) is 3.36. The van der Waals surface area contributed by atoms with Crippen LogP contribution >= 0.6 is 34.8 Å². The Hall–Kier alpha value is -1.60. The van der Waals surface area contributed by atoms with Crippen molar-refractivity contribution in [1.29, 1.82) is 0 Å². The van der Waals surface area contributed by atoms with Crippen molar-refractivity contribution in [2.24, 2.45) is 5.84 Å². The molecule has 0 aliphatic carbocycles. The topological polar surface area (TPSA) is 80.0 Å². The number of nitrogens with two attached hydrogens (primary N) is 1. The van der Waals surface area contributed by atoms with E-state index >= 15 is 0 Å². The highest BCUT2D eigenvalue weighted by atomic mass is 35.5. The highest BCUT2D eigenvalue weighted by molar-refractivity contribution is 6.44. The highest BCUT2D eigenvalue weighted by Crippen LogP contribution is 2.32. The van der Waals surface area contributed by atoms with E-state index in [1.54, 1.807) is 0 Å². The lowest BCUT2D eigenvalue weighted by Crippen LogP contribution is -2.17. The maximum absolute atomic E-state index is 13.9. The summed E-state index contributed by atoms with van der Waals surface area (Å²) in [5, 5.41) is 3.05. The molecule has 21 heavy (non-hydrogen) atoms. The monoisotopic (exact) mass is 348 g/mol. The first kappa shape index (κ1) is 15.8. The summed E-state index contributed by atoms with van der Waals surface area (Å²) >= 11 is 17.6. The first-order valence-corrected chi connectivity index (χ1v) is 6.64. The van der Waals surface area contributed by atoms with Crippen LogP contribution in [0.15, 0.2) is 24.4 Å². The van der Waals surface area contributed by atoms with Gasteiger partial charge in [0, 0.05) is 6.20 Å². The van der Waals surface area contributed by atoms with E-state index in [1.807, 2.05) is 0 Å². The fourth-order valence-corrected chi connectivity index (χ4v) is 2.12. The van der Waals surface area contributed by atoms with Crippen LogP contribution in [0.3, 0.4) is 0 Å². The van der Waals surface area contributed by atoms with E-state index in [0.717, 1.165) is 0 Å². The largest absolute Gasteiger partial charge is 0.320 e. The number of hydrogen-bond acceptors (Lipinski definition) is 4. The minimum atomic E-state index is -0.881. The lowest BCUT2D eigenvalue weighted by Gasteiger charge is -2.10. The number of carbonyl (C=O) groups is 1. The number of hydrogen-bond donors (Lipinski definition) is 3. The number of amides is 1. The Balaban J connectivity index is 2.33. The second-order valence-electron chi connectivity index (χ2n) is 3.87. The number of carbonyl (C=O) groups excluding carboxylic acids is 1. The summed E-state index contributed by atoms with van der Waals surface area (Å²) in [5.74, 6) is 3.24. The fourth-order valence-electron chi connectivity index (χ4n) is 1.53. The molecule has 0 fully saturated rings. The molecular formula is C12H8Cl3FN4O. The molecule has 0 aliphatic heterocycles. The van der Waals surface area contributed by atoms with Gasteiger partial charge < -0.3 is 10.7 Å². The number of halogens is 4. The molecule has 1 heterocycles. The normalized spacial score (nSPS) is 10.3. The fraction of sp³-hybridized carbons (Fsp3) is 0. The molecule has 5 nitrogen and oxygen atoms in total. The van der Waals surface area contributed by atoms with Gasteiger partial charge in [0.1, 0.15) is 0 Å². The molecule has 0 aliphatic rings. The summed E-state index contributed by atoms with van der Waals surface area (Å²) in [7, 11) is 0. The van der Waals surface area contributed by atoms with Gasteiger partial charge in [0.25, 0.3) is 5.91 Å². The Morgan fingerprint density at radius 3 is 2.52 bits per heavy atom. The van der Waals surface area contributed by atoms with Gasteiger partial charge in [0.2, 0.25) is 0 Å². The SMILES string of the molecule is NNc1nccc(C(=O)Nc2cc(Cl)c(Cl)cc2Cl)c1F. The van der Waals surface area contributed by atoms with Crippen LogP contribution in [-0.2, 0) is 0 Å². The van der Waals surface area contributed by atoms with Crippen LogP contribution in [0.1, 0.15) is 10.4 Å². The van der Waals surface area contributed by atoms with Crippen molar-refractivity contribution < 1.29 is 9.18 Å². The average Bonchev–Trinajstić information content (AvgIpc) is 2.44. The van der Waals surface area contributed by atoms with E-state index in [2.05, 4.69) is 15.7 Å². The average molecular weight is 350 g/mol. The molecular weight excluding hydrogens is 342 g/mol. The van der Waals surface area contributed by atoms with Crippen molar-refractivity contribution in [3.63, 3.8) is 0 Å². The first-order chi connectivity index (χ1) is 9.93. The Morgan fingerprint density at radius 2 is 1.86 bits per heavy atom. The van der Waals surface area contributed by atoms with Crippen LogP contribution < -0.4 is 16.6 Å². The lowest BCUT2D eigenvalue weighted by molar-refractivity contribution is 0.102. The molecule has 0 saturated heterocycles. The predicted molar refractivity (Wildman–Crippen MR) is 81.4 cm³/mol. The van der Waals surface area contributed by atoms with Gasteiger partial charge >= 0.3 is 0 Å². The van der Waals surface area contributed by atoms with Crippen molar-refractivity contribution >= 4 is 52.2 Å². The van der Waals surface area contributed by atoms with Crippen LogP contribution in [0.4, 0.5) is 15.9 Å². The summed E-state index contributed by atoms with van der Waals surface area (Å²) in [6, 6.07) is 3.94. The molecule has 0 bridgehead atoms. The molecule has 2 rings (SSSR count). The molecule has 0 atom stereocenters. The van der Waals surface area contributed by atoms with Crippen molar-refractivity contribution in [3.05, 3.63) is 50.8 Å². The number of benzene rings is 1. The zero-order chi connectivity index (χ0) is 15.6. The van der Waals surface area contributed by atoms with Crippen molar-refractivity contribution in [2.75, 3.05) is 10.7 Å². The summed E-state index contributed by atoms with van der Waals surface area (Å²) in [5.41, 5.74) is 2.00. The lowest BCUT2D eigenvalue weighted by atomic mass is 10.2. The maximum Gasteiger partial charge on any atom is 0.258 e. The highest BCUT2D eigenvalue weighted by Gasteiger charge is 2.17. The summed E-state index contributed by atoms with van der Waals surface area (Å²) in [4.78, 5) is 15.7. The number of nitrogens with one attached hydrogen (secondary N) is 2. The summed E-state index contributed by atoms with van der Waals surface area (Å²) in [6.07, 6.45) is 1.24. The number of rotatable bonds is 3. The maximum atomic E-state index is 13.9. The third-order valence-corrected chi connectivity index (χ3v) is 3.56. The molecule has 110 valence electrons. The molecule has 4 N–H and O–H groups in total. The van der Waals surface area contributed by atoms with E-state index < -0.39 is 11.7 Å². The van der Waals surface area contributed by atoms with Crippen molar-refractivity contribution in [2.45, 2.75) is 0 Å². The van der Waals surface area contributed by atoms with E-state index in [0.29, 0.717) is 0 Å². The smallest absolute Gasteiger partial charge is 0.258 e. The van der Waals surface area contributed by atoms with Gasteiger partial charge in [-0.1, -0.05) is 34.8 Å². The van der Waals surface area contributed by atoms with E-state index in [4.69, 9.17) is 40.6 Å². The summed E-state index contributed by atoms with van der Waals surface area (Å²) < 4.78 is 13.9. The minimum absolute atomic E-state index is 0.171. The molecule has 0 unspecified atom stereocenters. The molecule has 1 aromatic heterocycles. The van der Waals surface area contributed by atoms with Gasteiger partial charge in [0.15, 0.2) is 11.6 Å². The second-order valence-corrected chi connectivity index (χ2v) is 5.09. The van der Waals surface area contributed by atoms with Crippen LogP contribution in [0.2, 0.25) is 15.1 Å². The molecule has 2 aromatic rings. The van der Waals surface area contributed by atoms with Gasteiger partial charge in [0.05, 0.1) is 26.3 Å². The van der Waals surface area contributed by atoms with Gasteiger partial charge in [-0.2, -0.15) is 0 Å². The first-order valence-electron chi connectivity index (χ1n) is 5.51. The standard InChI is InChI=1S/C12H8Cl3FN4O/c13-6-3-8(15)9(4-7(6)14)19-12(21)5-1-2-18-11(20-17)10(5)16/h1-4H,17H2,(H,18,20)(H,19,21). The van der Waals surface area contributed by atoms with Gasteiger partial charge in [-0.25, -0.2) is 15.2 Å².